The van der Waals surface area contributed by atoms with Crippen LogP contribution in [0.4, 0.5) is 5.69 Å². The van der Waals surface area contributed by atoms with Crippen LogP contribution >= 0.6 is 15.9 Å². The Balaban J connectivity index is 1.63. The number of carbonyl (C=O) groups excluding carboxylic acids is 3. The van der Waals surface area contributed by atoms with E-state index in [1.54, 1.807) is 6.07 Å². The van der Waals surface area contributed by atoms with Gasteiger partial charge in [-0.05, 0) is 52.0 Å². The van der Waals surface area contributed by atoms with E-state index in [-0.39, 0.29) is 29.4 Å². The molecule has 5 rings (SSSR count). The number of fused-ring (bicyclic) bond motifs is 4. The molecular formula is C21H16BrNO3. The van der Waals surface area contributed by atoms with Gasteiger partial charge in [0.2, 0.25) is 11.8 Å². The highest BCUT2D eigenvalue weighted by atomic mass is 79.9. The van der Waals surface area contributed by atoms with E-state index in [1.165, 1.54) is 4.90 Å². The molecule has 2 amide bonds. The Morgan fingerprint density at radius 1 is 0.808 bits per heavy atom. The summed E-state index contributed by atoms with van der Waals surface area (Å²) < 4.78 is 0.668. The second-order valence-electron chi connectivity index (χ2n) is 7.23. The molecule has 1 heterocycles. The normalized spacial score (nSPS) is 23.9. The van der Waals surface area contributed by atoms with Gasteiger partial charge in [-0.3, -0.25) is 14.4 Å². The lowest BCUT2D eigenvalue weighted by molar-refractivity contribution is -0.122. The Kier molecular flexibility index (Phi) is 3.44. The molecule has 3 aliphatic rings. The number of benzene rings is 2. The molecule has 2 aromatic rings. The van der Waals surface area contributed by atoms with E-state index in [1.807, 2.05) is 30.3 Å². The summed E-state index contributed by atoms with van der Waals surface area (Å²) in [5, 5.41) is 0. The minimum Gasteiger partial charge on any atom is -0.289 e. The summed E-state index contributed by atoms with van der Waals surface area (Å²) in [4.78, 5) is 39.9. The third-order valence-corrected chi connectivity index (χ3v) is 6.51. The van der Waals surface area contributed by atoms with Crippen molar-refractivity contribution in [2.24, 2.45) is 11.8 Å². The lowest BCUT2D eigenvalue weighted by Crippen LogP contribution is -2.31. The van der Waals surface area contributed by atoms with Crippen molar-refractivity contribution in [2.75, 3.05) is 4.90 Å². The quantitative estimate of drug-likeness (QED) is 0.561. The monoisotopic (exact) mass is 409 g/mol. The average Bonchev–Trinajstić information content (AvgIpc) is 3.08. The minimum atomic E-state index is -0.204. The van der Waals surface area contributed by atoms with Gasteiger partial charge in [-0.15, -0.1) is 0 Å². The van der Waals surface area contributed by atoms with Crippen molar-refractivity contribution in [3.8, 4) is 11.1 Å². The molecule has 0 N–H and O–H groups in total. The molecule has 2 fully saturated rings. The molecule has 2 unspecified atom stereocenters. The zero-order valence-corrected chi connectivity index (χ0v) is 15.6. The summed E-state index contributed by atoms with van der Waals surface area (Å²) in [5.41, 5.74) is 3.46. The molecule has 0 bridgehead atoms. The first-order chi connectivity index (χ1) is 12.6. The molecule has 26 heavy (non-hydrogen) atoms. The molecule has 1 aliphatic heterocycles. The number of amides is 2. The second-order valence-corrected chi connectivity index (χ2v) is 8.09. The largest absolute Gasteiger partial charge is 0.289 e. The summed E-state index contributed by atoms with van der Waals surface area (Å²) in [7, 11) is 0. The second kappa shape index (κ2) is 5.61. The maximum atomic E-state index is 12.9. The topological polar surface area (TPSA) is 54.5 Å². The molecule has 2 atom stereocenters. The van der Waals surface area contributed by atoms with E-state index in [0.717, 1.165) is 36.8 Å². The Hall–Kier alpha value is -2.27. The Bertz CT molecular complexity index is 973. The highest BCUT2D eigenvalue weighted by Gasteiger charge is 2.49. The fourth-order valence-electron chi connectivity index (χ4n) is 4.60. The van der Waals surface area contributed by atoms with Gasteiger partial charge in [0.25, 0.3) is 0 Å². The van der Waals surface area contributed by atoms with Gasteiger partial charge >= 0.3 is 0 Å². The van der Waals surface area contributed by atoms with Crippen LogP contribution in [0.15, 0.2) is 40.9 Å². The lowest BCUT2D eigenvalue weighted by Gasteiger charge is -2.19. The van der Waals surface area contributed by atoms with Gasteiger partial charge < -0.3 is 0 Å². The average molecular weight is 410 g/mol. The zero-order valence-electron chi connectivity index (χ0n) is 14.0. The first-order valence-corrected chi connectivity index (χ1v) is 9.72. The van der Waals surface area contributed by atoms with Crippen LogP contribution in [0.1, 0.15) is 41.6 Å². The van der Waals surface area contributed by atoms with E-state index >= 15 is 0 Å². The number of nitrogens with zero attached hydrogens (tertiary/aromatic N) is 1. The molecule has 4 nitrogen and oxygen atoms in total. The summed E-state index contributed by atoms with van der Waals surface area (Å²) >= 11 is 3.53. The summed E-state index contributed by atoms with van der Waals surface area (Å²) in [6.07, 6.45) is 3.54. The SMILES string of the molecule is O=C1c2ccccc2-c2cc(Br)c(N3C(=O)C4CCCCC4C3=O)cc21. The van der Waals surface area contributed by atoms with Crippen LogP contribution in [0.25, 0.3) is 11.1 Å². The third-order valence-electron chi connectivity index (χ3n) is 5.88. The van der Waals surface area contributed by atoms with Crippen molar-refractivity contribution in [1.82, 2.24) is 0 Å². The van der Waals surface area contributed by atoms with Gasteiger partial charge in [0.15, 0.2) is 5.78 Å². The highest BCUT2D eigenvalue weighted by Crippen LogP contribution is 2.45. The Morgan fingerprint density at radius 3 is 2.08 bits per heavy atom. The molecule has 0 aromatic heterocycles. The van der Waals surface area contributed by atoms with Crippen LogP contribution in [0.3, 0.4) is 0 Å². The van der Waals surface area contributed by atoms with Gasteiger partial charge in [-0.2, -0.15) is 0 Å². The standard InChI is InChI=1S/C21H16BrNO3/c22-17-9-15-11-5-1-2-6-12(11)19(24)16(15)10-18(17)23-20(25)13-7-3-4-8-14(13)21(23)26/h1-2,5-6,9-10,13-14H,3-4,7-8H2. The highest BCUT2D eigenvalue weighted by molar-refractivity contribution is 9.10. The molecule has 1 saturated heterocycles. The van der Waals surface area contributed by atoms with Crippen LogP contribution in [-0.4, -0.2) is 17.6 Å². The summed E-state index contributed by atoms with van der Waals surface area (Å²) in [5.74, 6) is -0.707. The number of ketones is 1. The number of hydrogen-bond acceptors (Lipinski definition) is 3. The minimum absolute atomic E-state index is 0.0548. The van der Waals surface area contributed by atoms with E-state index in [0.29, 0.717) is 21.3 Å². The number of carbonyl (C=O) groups is 3. The molecule has 130 valence electrons. The number of imide groups is 1. The van der Waals surface area contributed by atoms with Gasteiger partial charge in [0, 0.05) is 15.6 Å². The zero-order chi connectivity index (χ0) is 18.0. The predicted molar refractivity (Wildman–Crippen MR) is 101 cm³/mol. The van der Waals surface area contributed by atoms with Crippen molar-refractivity contribution >= 4 is 39.2 Å². The van der Waals surface area contributed by atoms with E-state index in [9.17, 15) is 14.4 Å². The van der Waals surface area contributed by atoms with E-state index < -0.39 is 0 Å². The fraction of sp³-hybridized carbons (Fsp3) is 0.286. The fourth-order valence-corrected chi connectivity index (χ4v) is 5.13. The van der Waals surface area contributed by atoms with Crippen LogP contribution in [0.2, 0.25) is 0 Å². The van der Waals surface area contributed by atoms with Crippen molar-refractivity contribution in [3.63, 3.8) is 0 Å². The maximum Gasteiger partial charge on any atom is 0.237 e. The van der Waals surface area contributed by atoms with E-state index in [4.69, 9.17) is 0 Å². The van der Waals surface area contributed by atoms with Gasteiger partial charge in [-0.1, -0.05) is 37.1 Å². The molecular weight excluding hydrogens is 394 g/mol. The number of hydrogen-bond donors (Lipinski definition) is 0. The smallest absolute Gasteiger partial charge is 0.237 e. The number of halogens is 1. The van der Waals surface area contributed by atoms with Crippen LogP contribution < -0.4 is 4.90 Å². The van der Waals surface area contributed by atoms with Crippen LogP contribution in [0.5, 0.6) is 0 Å². The third kappa shape index (κ3) is 2.04. The molecule has 5 heteroatoms. The molecule has 0 spiro atoms. The molecule has 2 aliphatic carbocycles. The molecule has 1 saturated carbocycles. The molecule has 0 radical (unpaired) electrons. The Labute approximate surface area is 159 Å². The van der Waals surface area contributed by atoms with E-state index in [2.05, 4.69) is 15.9 Å². The van der Waals surface area contributed by atoms with Gasteiger partial charge in [-0.25, -0.2) is 4.90 Å². The van der Waals surface area contributed by atoms with Crippen LogP contribution in [-0.2, 0) is 9.59 Å². The maximum absolute atomic E-state index is 12.9. The van der Waals surface area contributed by atoms with Crippen molar-refractivity contribution in [2.45, 2.75) is 25.7 Å². The number of anilines is 1. The molecule has 2 aromatic carbocycles. The van der Waals surface area contributed by atoms with Crippen molar-refractivity contribution < 1.29 is 14.4 Å². The summed E-state index contributed by atoms with van der Waals surface area (Å²) in [6, 6.07) is 11.0. The lowest BCUT2D eigenvalue weighted by atomic mass is 9.81. The first-order valence-electron chi connectivity index (χ1n) is 8.93. The Morgan fingerprint density at radius 2 is 1.42 bits per heavy atom. The van der Waals surface area contributed by atoms with Gasteiger partial charge in [0.1, 0.15) is 0 Å². The van der Waals surface area contributed by atoms with Crippen molar-refractivity contribution in [3.05, 3.63) is 52.0 Å². The number of rotatable bonds is 1. The predicted octanol–water partition coefficient (Wildman–Crippen LogP) is 4.34. The van der Waals surface area contributed by atoms with Gasteiger partial charge in [0.05, 0.1) is 17.5 Å². The van der Waals surface area contributed by atoms with Crippen LogP contribution in [0, 0.1) is 11.8 Å². The first kappa shape index (κ1) is 15.9. The van der Waals surface area contributed by atoms with Crippen molar-refractivity contribution in [1.29, 1.82) is 0 Å². The summed E-state index contributed by atoms with van der Waals surface area (Å²) in [6.45, 7) is 0.